The summed E-state index contributed by atoms with van der Waals surface area (Å²) < 4.78 is 5.50. The molecule has 4 nitrogen and oxygen atoms in total. The fourth-order valence-corrected chi connectivity index (χ4v) is 7.80. The van der Waals surface area contributed by atoms with Crippen molar-refractivity contribution in [3.63, 3.8) is 0 Å². The van der Waals surface area contributed by atoms with Gasteiger partial charge in [0.2, 0.25) is 5.91 Å². The average Bonchev–Trinajstić information content (AvgIpc) is 3.11. The number of hydrogen-bond acceptors (Lipinski definition) is 3. The number of fused-ring (bicyclic) bond motifs is 5. The van der Waals surface area contributed by atoms with Crippen molar-refractivity contribution in [2.75, 3.05) is 7.11 Å². The third kappa shape index (κ3) is 2.72. The molecule has 1 aliphatic heterocycles. The topological polar surface area (TPSA) is 55.4 Å². The summed E-state index contributed by atoms with van der Waals surface area (Å²) in [6.45, 7) is 4.73. The minimum Gasteiger partial charge on any atom is -0.496 e. The first-order valence-corrected chi connectivity index (χ1v) is 11.6. The van der Waals surface area contributed by atoms with Gasteiger partial charge in [0.25, 0.3) is 0 Å². The van der Waals surface area contributed by atoms with Gasteiger partial charge in [-0.15, -0.1) is 0 Å². The van der Waals surface area contributed by atoms with Crippen LogP contribution in [-0.2, 0) is 4.79 Å². The number of hydrogen-bond donors (Lipinski definition) is 1. The van der Waals surface area contributed by atoms with Gasteiger partial charge in [0.1, 0.15) is 5.75 Å². The molecule has 0 saturated heterocycles. The third-order valence-electron chi connectivity index (χ3n) is 9.37. The van der Waals surface area contributed by atoms with Crippen molar-refractivity contribution in [3.05, 3.63) is 42.0 Å². The van der Waals surface area contributed by atoms with Gasteiger partial charge in [0.05, 0.1) is 12.7 Å². The van der Waals surface area contributed by atoms with Crippen LogP contribution in [0.4, 0.5) is 0 Å². The van der Waals surface area contributed by atoms with Gasteiger partial charge in [-0.25, -0.2) is 0 Å². The maximum atomic E-state index is 13.6. The standard InChI is InChI=1S/C26H33NO3/c1-25-14-12-19-16(8-11-22-26(19,2)15-13-23(28)27-22)18(25)9-10-20(25)24(29)17-6-4-5-7-21(17)30-3/h4-7,13,15-16,18-20,22H,8-12,14H2,1-3H3,(H,27,28)/t16-,18-,19-,20+,22+,25-,26+/m0/s1. The molecule has 3 saturated carbocycles. The highest BCUT2D eigenvalue weighted by atomic mass is 16.5. The molecule has 1 amide bonds. The number of Topliss-reactive ketones (excluding diaryl/α,β-unsaturated/α-hetero) is 1. The Morgan fingerprint density at radius 3 is 2.67 bits per heavy atom. The molecule has 0 radical (unpaired) electrons. The number of carbonyl (C=O) groups excluding carboxylic acids is 2. The highest BCUT2D eigenvalue weighted by molar-refractivity contribution is 6.01. The maximum Gasteiger partial charge on any atom is 0.243 e. The fraction of sp³-hybridized carbons (Fsp3) is 0.615. The highest BCUT2D eigenvalue weighted by Gasteiger charge is 2.60. The van der Waals surface area contributed by atoms with Crippen LogP contribution in [0.25, 0.3) is 0 Å². The molecule has 5 rings (SSSR count). The van der Waals surface area contributed by atoms with Gasteiger partial charge in [-0.3, -0.25) is 9.59 Å². The average molecular weight is 408 g/mol. The van der Waals surface area contributed by atoms with Gasteiger partial charge in [-0.1, -0.05) is 32.1 Å². The number of methoxy groups -OCH3 is 1. The van der Waals surface area contributed by atoms with Gasteiger partial charge in [-0.05, 0) is 79.9 Å². The third-order valence-corrected chi connectivity index (χ3v) is 9.37. The van der Waals surface area contributed by atoms with Crippen LogP contribution in [0.15, 0.2) is 36.4 Å². The predicted octanol–water partition coefficient (Wildman–Crippen LogP) is 4.79. The number of benzene rings is 1. The molecule has 0 spiro atoms. The molecule has 4 aliphatic rings. The van der Waals surface area contributed by atoms with Gasteiger partial charge in [0.15, 0.2) is 5.78 Å². The second-order valence-electron chi connectivity index (χ2n) is 10.5. The molecule has 3 fully saturated rings. The zero-order valence-electron chi connectivity index (χ0n) is 18.3. The van der Waals surface area contributed by atoms with Crippen molar-refractivity contribution in [1.82, 2.24) is 5.32 Å². The van der Waals surface area contributed by atoms with Crippen LogP contribution in [-0.4, -0.2) is 24.8 Å². The van der Waals surface area contributed by atoms with E-state index in [0.717, 1.165) is 44.1 Å². The molecule has 3 aliphatic carbocycles. The van der Waals surface area contributed by atoms with Crippen molar-refractivity contribution in [2.45, 2.75) is 58.4 Å². The molecule has 1 aromatic carbocycles. The molecule has 30 heavy (non-hydrogen) atoms. The van der Waals surface area contributed by atoms with E-state index in [2.05, 4.69) is 25.2 Å². The molecule has 4 heteroatoms. The first kappa shape index (κ1) is 19.8. The molecule has 0 aromatic heterocycles. The lowest BCUT2D eigenvalue weighted by atomic mass is 9.47. The molecule has 1 N–H and O–H groups in total. The second kappa shape index (κ2) is 6.96. The Hall–Kier alpha value is -2.10. The van der Waals surface area contributed by atoms with Crippen LogP contribution in [0.1, 0.15) is 62.7 Å². The number of rotatable bonds is 3. The molecule has 1 heterocycles. The quantitative estimate of drug-likeness (QED) is 0.733. The largest absolute Gasteiger partial charge is 0.496 e. The van der Waals surface area contributed by atoms with Crippen molar-refractivity contribution in [1.29, 1.82) is 0 Å². The van der Waals surface area contributed by atoms with Crippen molar-refractivity contribution >= 4 is 11.7 Å². The number of nitrogens with one attached hydrogen (secondary N) is 1. The minimum atomic E-state index is 0.0445. The summed E-state index contributed by atoms with van der Waals surface area (Å²) in [4.78, 5) is 25.5. The zero-order chi connectivity index (χ0) is 21.1. The SMILES string of the molecule is COc1ccccc1C(=O)[C@H]1CC[C@H]2[C@@H]3CC[C@H]4NC(=O)C=C[C@]4(C)[C@H]3CC[C@]12C. The van der Waals surface area contributed by atoms with Gasteiger partial charge < -0.3 is 10.1 Å². The van der Waals surface area contributed by atoms with Crippen molar-refractivity contribution in [2.24, 2.45) is 34.5 Å². The van der Waals surface area contributed by atoms with Crippen LogP contribution >= 0.6 is 0 Å². The molecule has 1 aromatic rings. The summed E-state index contributed by atoms with van der Waals surface area (Å²) >= 11 is 0. The lowest BCUT2D eigenvalue weighted by Crippen LogP contribution is -2.59. The first-order chi connectivity index (χ1) is 14.4. The van der Waals surface area contributed by atoms with Crippen LogP contribution in [0.5, 0.6) is 5.75 Å². The van der Waals surface area contributed by atoms with Gasteiger partial charge in [-0.2, -0.15) is 0 Å². The smallest absolute Gasteiger partial charge is 0.243 e. The summed E-state index contributed by atoms with van der Waals surface area (Å²) in [5.74, 6) is 2.90. The van der Waals surface area contributed by atoms with E-state index in [0.29, 0.717) is 23.5 Å². The summed E-state index contributed by atoms with van der Waals surface area (Å²) in [6, 6.07) is 7.94. The van der Waals surface area contributed by atoms with Gasteiger partial charge in [0, 0.05) is 17.4 Å². The molecule has 7 atom stereocenters. The van der Waals surface area contributed by atoms with Crippen LogP contribution < -0.4 is 10.1 Å². The zero-order valence-corrected chi connectivity index (χ0v) is 18.3. The minimum absolute atomic E-state index is 0.0445. The van der Waals surface area contributed by atoms with E-state index in [1.54, 1.807) is 13.2 Å². The molecule has 160 valence electrons. The Balaban J connectivity index is 1.44. The lowest BCUT2D eigenvalue weighted by Gasteiger charge is -2.58. The van der Waals surface area contributed by atoms with E-state index in [1.165, 1.54) is 0 Å². The Labute approximate surface area is 179 Å². The maximum absolute atomic E-state index is 13.6. The van der Waals surface area contributed by atoms with Crippen LogP contribution in [0.3, 0.4) is 0 Å². The first-order valence-electron chi connectivity index (χ1n) is 11.6. The summed E-state index contributed by atoms with van der Waals surface area (Å²) in [7, 11) is 1.64. The van der Waals surface area contributed by atoms with Crippen molar-refractivity contribution < 1.29 is 14.3 Å². The Kier molecular flexibility index (Phi) is 4.61. The van der Waals surface area contributed by atoms with E-state index in [-0.39, 0.29) is 34.5 Å². The van der Waals surface area contributed by atoms with E-state index < -0.39 is 0 Å². The van der Waals surface area contributed by atoms with Gasteiger partial charge >= 0.3 is 0 Å². The number of ether oxygens (including phenoxy) is 1. The van der Waals surface area contributed by atoms with E-state index >= 15 is 0 Å². The summed E-state index contributed by atoms with van der Waals surface area (Å²) in [5, 5.41) is 3.23. The lowest BCUT2D eigenvalue weighted by molar-refractivity contribution is -0.122. The Morgan fingerprint density at radius 2 is 1.87 bits per heavy atom. The number of amides is 1. The Bertz CT molecular complexity index is 907. The van der Waals surface area contributed by atoms with Crippen LogP contribution in [0.2, 0.25) is 0 Å². The molecular weight excluding hydrogens is 374 g/mol. The summed E-state index contributed by atoms with van der Waals surface area (Å²) in [6.07, 6.45) is 10.5. The second-order valence-corrected chi connectivity index (χ2v) is 10.5. The van der Waals surface area contributed by atoms with Crippen molar-refractivity contribution in [3.8, 4) is 5.75 Å². The molecule has 0 bridgehead atoms. The Morgan fingerprint density at radius 1 is 1.07 bits per heavy atom. The van der Waals surface area contributed by atoms with E-state index in [9.17, 15) is 9.59 Å². The number of carbonyl (C=O) groups is 2. The van der Waals surface area contributed by atoms with E-state index in [1.807, 2.05) is 24.3 Å². The van der Waals surface area contributed by atoms with E-state index in [4.69, 9.17) is 4.74 Å². The summed E-state index contributed by atoms with van der Waals surface area (Å²) in [5.41, 5.74) is 0.843. The molecule has 0 unspecified atom stereocenters. The fourth-order valence-electron chi connectivity index (χ4n) is 7.80. The number of ketones is 1. The number of para-hydroxylation sites is 1. The monoisotopic (exact) mass is 407 g/mol. The normalized spacial score (nSPS) is 42.0. The van der Waals surface area contributed by atoms with Crippen LogP contribution in [0, 0.1) is 34.5 Å². The predicted molar refractivity (Wildman–Crippen MR) is 116 cm³/mol. The highest BCUT2D eigenvalue weighted by Crippen LogP contribution is 2.65. The molecular formula is C26H33NO3.